The van der Waals surface area contributed by atoms with Crippen LogP contribution in [0.1, 0.15) is 20.0 Å². The van der Waals surface area contributed by atoms with Gasteiger partial charge in [-0.2, -0.15) is 0 Å². The van der Waals surface area contributed by atoms with E-state index in [0.717, 1.165) is 0 Å². The van der Waals surface area contributed by atoms with Gasteiger partial charge >= 0.3 is 5.63 Å². The van der Waals surface area contributed by atoms with Gasteiger partial charge in [-0.1, -0.05) is 12.1 Å². The zero-order chi connectivity index (χ0) is 19.5. The first kappa shape index (κ1) is 17.7. The molecule has 6 nitrogen and oxygen atoms in total. The van der Waals surface area contributed by atoms with Crippen molar-refractivity contribution < 1.29 is 14.0 Å². The molecule has 0 aliphatic heterocycles. The molecule has 2 amide bonds. The second-order valence-electron chi connectivity index (χ2n) is 5.97. The van der Waals surface area contributed by atoms with Gasteiger partial charge in [0, 0.05) is 28.4 Å². The molecule has 4 rings (SSSR count). The molecule has 2 aromatic carbocycles. The Kier molecular flexibility index (Phi) is 4.74. The summed E-state index contributed by atoms with van der Waals surface area (Å²) in [7, 11) is 0. The van der Waals surface area contributed by atoms with Crippen LogP contribution in [0.15, 0.2) is 81.3 Å². The summed E-state index contributed by atoms with van der Waals surface area (Å²) in [5.74, 6) is -0.535. The van der Waals surface area contributed by atoms with Gasteiger partial charge in [0.25, 0.3) is 11.8 Å². The first-order valence-electron chi connectivity index (χ1n) is 8.39. The van der Waals surface area contributed by atoms with Gasteiger partial charge in [-0.3, -0.25) is 9.59 Å². The van der Waals surface area contributed by atoms with E-state index in [-0.39, 0.29) is 11.8 Å². The standard InChI is InChI=1S/C21H14N2O4S/c24-19-9-6-13-11-16(7-8-17(13)27-19)22-20(25)14-3-1-4-15(12-14)23-21(26)18-5-2-10-28-18/h1-12H,(H,22,25)(H,23,26). The lowest BCUT2D eigenvalue weighted by molar-refractivity contribution is 0.101. The van der Waals surface area contributed by atoms with Crippen LogP contribution in [0, 0.1) is 0 Å². The van der Waals surface area contributed by atoms with Crippen molar-refractivity contribution in [2.75, 3.05) is 10.6 Å². The maximum atomic E-state index is 12.6. The van der Waals surface area contributed by atoms with Crippen LogP contribution in [0.5, 0.6) is 0 Å². The maximum absolute atomic E-state index is 12.6. The molecule has 0 saturated carbocycles. The minimum absolute atomic E-state index is 0.219. The SMILES string of the molecule is O=C(Nc1ccc2oc(=O)ccc2c1)c1cccc(NC(=O)c2cccs2)c1. The second-order valence-corrected chi connectivity index (χ2v) is 6.92. The van der Waals surface area contributed by atoms with Crippen LogP contribution in [-0.4, -0.2) is 11.8 Å². The highest BCUT2D eigenvalue weighted by Crippen LogP contribution is 2.20. The summed E-state index contributed by atoms with van der Waals surface area (Å²) in [6, 6.07) is 18.2. The highest BCUT2D eigenvalue weighted by Gasteiger charge is 2.11. The van der Waals surface area contributed by atoms with Gasteiger partial charge in [0.1, 0.15) is 5.58 Å². The van der Waals surface area contributed by atoms with Gasteiger partial charge in [-0.15, -0.1) is 11.3 Å². The number of hydrogen-bond donors (Lipinski definition) is 2. The first-order valence-corrected chi connectivity index (χ1v) is 9.27. The van der Waals surface area contributed by atoms with E-state index in [1.165, 1.54) is 17.4 Å². The Morgan fingerprint density at radius 3 is 2.46 bits per heavy atom. The van der Waals surface area contributed by atoms with Crippen molar-refractivity contribution in [2.24, 2.45) is 0 Å². The Balaban J connectivity index is 1.51. The monoisotopic (exact) mass is 390 g/mol. The third-order valence-electron chi connectivity index (χ3n) is 4.00. The summed E-state index contributed by atoms with van der Waals surface area (Å²) in [5, 5.41) is 8.12. The Morgan fingerprint density at radius 1 is 0.821 bits per heavy atom. The zero-order valence-corrected chi connectivity index (χ0v) is 15.3. The predicted molar refractivity (Wildman–Crippen MR) is 109 cm³/mol. The molecule has 0 aliphatic rings. The predicted octanol–water partition coefficient (Wildman–Crippen LogP) is 4.36. The molecule has 0 aliphatic carbocycles. The van der Waals surface area contributed by atoms with Gasteiger partial charge in [0.2, 0.25) is 0 Å². The fraction of sp³-hybridized carbons (Fsp3) is 0. The van der Waals surface area contributed by atoms with Crippen LogP contribution < -0.4 is 16.3 Å². The molecule has 0 radical (unpaired) electrons. The van der Waals surface area contributed by atoms with E-state index in [1.54, 1.807) is 60.7 Å². The molecule has 4 aromatic rings. The van der Waals surface area contributed by atoms with E-state index in [9.17, 15) is 14.4 Å². The third-order valence-corrected chi connectivity index (χ3v) is 4.87. The lowest BCUT2D eigenvalue weighted by Gasteiger charge is -2.08. The number of carbonyl (C=O) groups excluding carboxylic acids is 2. The molecule has 0 unspecified atom stereocenters. The maximum Gasteiger partial charge on any atom is 0.336 e. The molecule has 138 valence electrons. The summed E-state index contributed by atoms with van der Waals surface area (Å²) < 4.78 is 5.08. The van der Waals surface area contributed by atoms with E-state index >= 15 is 0 Å². The molecule has 28 heavy (non-hydrogen) atoms. The number of thiophene rings is 1. The minimum atomic E-state index is -0.425. The average Bonchev–Trinajstić information content (AvgIpc) is 3.23. The topological polar surface area (TPSA) is 88.4 Å². The van der Waals surface area contributed by atoms with Gasteiger partial charge in [-0.05, 0) is 53.9 Å². The van der Waals surface area contributed by atoms with Crippen molar-refractivity contribution in [1.82, 2.24) is 0 Å². The highest BCUT2D eigenvalue weighted by atomic mass is 32.1. The first-order chi connectivity index (χ1) is 13.6. The Hall–Kier alpha value is -3.71. The number of anilines is 2. The molecular weight excluding hydrogens is 376 g/mol. The van der Waals surface area contributed by atoms with Crippen molar-refractivity contribution in [3.63, 3.8) is 0 Å². The van der Waals surface area contributed by atoms with E-state index in [0.29, 0.717) is 32.8 Å². The molecule has 7 heteroatoms. The van der Waals surface area contributed by atoms with Gasteiger partial charge < -0.3 is 15.1 Å². The largest absolute Gasteiger partial charge is 0.423 e. The van der Waals surface area contributed by atoms with Gasteiger partial charge in [0.15, 0.2) is 0 Å². The molecular formula is C21H14N2O4S. The Morgan fingerprint density at radius 2 is 1.64 bits per heavy atom. The van der Waals surface area contributed by atoms with Crippen LogP contribution in [0.2, 0.25) is 0 Å². The minimum Gasteiger partial charge on any atom is -0.423 e. The summed E-state index contributed by atoms with van der Waals surface area (Å²) >= 11 is 1.35. The van der Waals surface area contributed by atoms with Gasteiger partial charge in [0.05, 0.1) is 4.88 Å². The molecule has 0 saturated heterocycles. The summed E-state index contributed by atoms with van der Waals surface area (Å²) in [5.41, 5.74) is 1.53. The van der Waals surface area contributed by atoms with E-state index in [2.05, 4.69) is 10.6 Å². The Labute approximate surface area is 163 Å². The number of hydrogen-bond acceptors (Lipinski definition) is 5. The summed E-state index contributed by atoms with van der Waals surface area (Å²) in [6.07, 6.45) is 0. The zero-order valence-electron chi connectivity index (χ0n) is 14.5. The molecule has 2 N–H and O–H groups in total. The molecule has 2 heterocycles. The van der Waals surface area contributed by atoms with E-state index in [1.807, 2.05) is 5.38 Å². The van der Waals surface area contributed by atoms with Crippen molar-refractivity contribution >= 4 is 45.5 Å². The third kappa shape index (κ3) is 3.84. The van der Waals surface area contributed by atoms with E-state index in [4.69, 9.17) is 4.42 Å². The van der Waals surface area contributed by atoms with E-state index < -0.39 is 5.63 Å². The average molecular weight is 390 g/mol. The lowest BCUT2D eigenvalue weighted by atomic mass is 10.1. The molecule has 0 atom stereocenters. The normalized spacial score (nSPS) is 10.6. The van der Waals surface area contributed by atoms with Crippen LogP contribution in [-0.2, 0) is 0 Å². The van der Waals surface area contributed by atoms with Crippen molar-refractivity contribution in [3.05, 3.63) is 93.0 Å². The fourth-order valence-corrected chi connectivity index (χ4v) is 3.31. The molecule has 0 fully saturated rings. The van der Waals surface area contributed by atoms with Gasteiger partial charge in [-0.25, -0.2) is 4.79 Å². The lowest BCUT2D eigenvalue weighted by Crippen LogP contribution is -2.14. The highest BCUT2D eigenvalue weighted by molar-refractivity contribution is 7.12. The summed E-state index contributed by atoms with van der Waals surface area (Å²) in [6.45, 7) is 0. The number of benzene rings is 2. The number of nitrogens with one attached hydrogen (secondary N) is 2. The number of amides is 2. The van der Waals surface area contributed by atoms with Crippen LogP contribution in [0.4, 0.5) is 11.4 Å². The quantitative estimate of drug-likeness (QED) is 0.507. The van der Waals surface area contributed by atoms with Crippen LogP contribution in [0.3, 0.4) is 0 Å². The van der Waals surface area contributed by atoms with Crippen molar-refractivity contribution in [1.29, 1.82) is 0 Å². The fourth-order valence-electron chi connectivity index (χ4n) is 2.69. The number of carbonyl (C=O) groups is 2. The van der Waals surface area contributed by atoms with Crippen molar-refractivity contribution in [3.8, 4) is 0 Å². The number of fused-ring (bicyclic) bond motifs is 1. The number of rotatable bonds is 4. The molecule has 0 bridgehead atoms. The summed E-state index contributed by atoms with van der Waals surface area (Å²) in [4.78, 5) is 36.6. The van der Waals surface area contributed by atoms with Crippen molar-refractivity contribution in [2.45, 2.75) is 0 Å². The second kappa shape index (κ2) is 7.50. The van der Waals surface area contributed by atoms with Crippen LogP contribution >= 0.6 is 11.3 Å². The van der Waals surface area contributed by atoms with Crippen LogP contribution in [0.25, 0.3) is 11.0 Å². The molecule has 0 spiro atoms. The molecule has 2 aromatic heterocycles. The Bertz CT molecular complexity index is 1230. The smallest absolute Gasteiger partial charge is 0.336 e.